The molecule has 2 aliphatic carbocycles. The minimum Gasteiger partial charge on any atom is -0.300 e. The Balaban J connectivity index is 1.73. The predicted molar refractivity (Wildman–Crippen MR) is 43.0 cm³/mol. The van der Waals surface area contributed by atoms with Crippen LogP contribution >= 0.6 is 0 Å². The Kier molecular flexibility index (Phi) is 1.69. The molecule has 1 nitrogen and oxygen atoms in total. The number of rotatable bonds is 4. The molecule has 2 fully saturated rings. The van der Waals surface area contributed by atoms with Crippen LogP contribution in [0.25, 0.3) is 0 Å². The molecule has 0 aromatic heterocycles. The fourth-order valence-electron chi connectivity index (χ4n) is 1.61. The average molecular weight is 139 g/mol. The lowest BCUT2D eigenvalue weighted by Crippen LogP contribution is -2.27. The van der Waals surface area contributed by atoms with E-state index in [1.54, 1.807) is 0 Å². The van der Waals surface area contributed by atoms with Crippen molar-refractivity contribution in [2.45, 2.75) is 38.6 Å². The Morgan fingerprint density at radius 2 is 1.90 bits per heavy atom. The van der Waals surface area contributed by atoms with Crippen LogP contribution < -0.4 is 0 Å². The van der Waals surface area contributed by atoms with E-state index in [2.05, 4.69) is 11.8 Å². The van der Waals surface area contributed by atoms with Crippen LogP contribution in [0.15, 0.2) is 0 Å². The summed E-state index contributed by atoms with van der Waals surface area (Å²) in [5.41, 5.74) is 0. The van der Waals surface area contributed by atoms with E-state index in [1.807, 2.05) is 0 Å². The van der Waals surface area contributed by atoms with Crippen LogP contribution in [0.3, 0.4) is 0 Å². The van der Waals surface area contributed by atoms with Gasteiger partial charge in [0.05, 0.1) is 0 Å². The quantitative estimate of drug-likeness (QED) is 0.575. The molecule has 1 heteroatoms. The van der Waals surface area contributed by atoms with Crippen LogP contribution in [-0.4, -0.2) is 24.0 Å². The molecule has 0 N–H and O–H groups in total. The lowest BCUT2D eigenvalue weighted by Gasteiger charge is -2.18. The van der Waals surface area contributed by atoms with Crippen molar-refractivity contribution in [1.29, 1.82) is 0 Å². The predicted octanol–water partition coefficient (Wildman–Crippen LogP) is 1.88. The van der Waals surface area contributed by atoms with Crippen molar-refractivity contribution >= 4 is 0 Å². The molecule has 0 saturated heterocycles. The molecular weight excluding hydrogens is 122 g/mol. The summed E-state index contributed by atoms with van der Waals surface area (Å²) in [6.07, 6.45) is 5.95. The van der Waals surface area contributed by atoms with Crippen molar-refractivity contribution < 1.29 is 0 Å². The molecule has 0 aromatic rings. The van der Waals surface area contributed by atoms with E-state index in [9.17, 15) is 0 Å². The van der Waals surface area contributed by atoms with Gasteiger partial charge in [-0.3, -0.25) is 0 Å². The van der Waals surface area contributed by atoms with Gasteiger partial charge in [0.2, 0.25) is 0 Å². The summed E-state index contributed by atoms with van der Waals surface area (Å²) in [6, 6.07) is 0.991. The first-order valence-corrected chi connectivity index (χ1v) is 4.64. The maximum atomic E-state index is 2.66. The van der Waals surface area contributed by atoms with Gasteiger partial charge in [0, 0.05) is 12.6 Å². The Hall–Kier alpha value is -0.0400. The topological polar surface area (TPSA) is 3.24 Å². The van der Waals surface area contributed by atoms with Gasteiger partial charge in [-0.15, -0.1) is 0 Å². The highest BCUT2D eigenvalue weighted by Crippen LogP contribution is 2.34. The molecule has 0 heterocycles. The van der Waals surface area contributed by atoms with Crippen molar-refractivity contribution in [1.82, 2.24) is 4.90 Å². The maximum Gasteiger partial charge on any atom is 0.00964 e. The van der Waals surface area contributed by atoms with Gasteiger partial charge in [0.15, 0.2) is 0 Å². The van der Waals surface area contributed by atoms with Crippen LogP contribution in [0.4, 0.5) is 0 Å². The first-order chi connectivity index (χ1) is 4.90. The average Bonchev–Trinajstić information content (AvgIpc) is 2.76. The van der Waals surface area contributed by atoms with Crippen LogP contribution in [0.2, 0.25) is 0 Å². The second kappa shape index (κ2) is 2.54. The summed E-state index contributed by atoms with van der Waals surface area (Å²) in [5, 5.41) is 0. The Labute approximate surface area is 63.4 Å². The Bertz CT molecular complexity index is 114. The van der Waals surface area contributed by atoms with Gasteiger partial charge in [-0.05, 0) is 38.1 Å². The number of hydrogen-bond donors (Lipinski definition) is 0. The molecule has 0 bridgehead atoms. The summed E-state index contributed by atoms with van der Waals surface area (Å²) in [7, 11) is 0. The van der Waals surface area contributed by atoms with Crippen LogP contribution in [-0.2, 0) is 0 Å². The molecule has 0 radical (unpaired) electrons. The SMILES string of the molecule is CCN(CC1CC1)C1CC1. The molecule has 0 aromatic carbocycles. The lowest BCUT2D eigenvalue weighted by atomic mass is 10.3. The van der Waals surface area contributed by atoms with Gasteiger partial charge >= 0.3 is 0 Å². The number of hydrogen-bond acceptors (Lipinski definition) is 1. The van der Waals surface area contributed by atoms with Gasteiger partial charge in [-0.2, -0.15) is 0 Å². The Morgan fingerprint density at radius 3 is 2.30 bits per heavy atom. The van der Waals surface area contributed by atoms with E-state index in [4.69, 9.17) is 0 Å². The van der Waals surface area contributed by atoms with E-state index >= 15 is 0 Å². The molecule has 2 aliphatic rings. The molecule has 0 spiro atoms. The van der Waals surface area contributed by atoms with Crippen molar-refractivity contribution in [3.63, 3.8) is 0 Å². The molecule has 2 rings (SSSR count). The van der Waals surface area contributed by atoms with Gasteiger partial charge in [-0.1, -0.05) is 6.92 Å². The van der Waals surface area contributed by atoms with Crippen LogP contribution in [0.5, 0.6) is 0 Å². The zero-order valence-corrected chi connectivity index (χ0v) is 6.84. The third-order valence-electron chi connectivity index (χ3n) is 2.66. The minimum atomic E-state index is 0.991. The summed E-state index contributed by atoms with van der Waals surface area (Å²) in [5.74, 6) is 1.08. The van der Waals surface area contributed by atoms with Gasteiger partial charge < -0.3 is 4.90 Å². The fraction of sp³-hybridized carbons (Fsp3) is 1.00. The summed E-state index contributed by atoms with van der Waals surface area (Å²) >= 11 is 0. The third kappa shape index (κ3) is 1.51. The monoisotopic (exact) mass is 139 g/mol. The molecular formula is C9H17N. The van der Waals surface area contributed by atoms with E-state index in [-0.39, 0.29) is 0 Å². The highest BCUT2D eigenvalue weighted by molar-refractivity contribution is 4.87. The zero-order valence-electron chi connectivity index (χ0n) is 6.84. The van der Waals surface area contributed by atoms with Crippen LogP contribution in [0, 0.1) is 5.92 Å². The van der Waals surface area contributed by atoms with E-state index in [1.165, 1.54) is 38.8 Å². The van der Waals surface area contributed by atoms with Crippen molar-refractivity contribution in [3.8, 4) is 0 Å². The van der Waals surface area contributed by atoms with Crippen molar-refractivity contribution in [3.05, 3.63) is 0 Å². The molecule has 0 aliphatic heterocycles. The maximum absolute atomic E-state index is 2.66. The molecule has 0 unspecified atom stereocenters. The van der Waals surface area contributed by atoms with Crippen molar-refractivity contribution in [2.75, 3.05) is 13.1 Å². The molecule has 0 atom stereocenters. The minimum absolute atomic E-state index is 0.991. The normalized spacial score (nSPS) is 25.8. The second-order valence-corrected chi connectivity index (χ2v) is 3.76. The zero-order chi connectivity index (χ0) is 6.97. The van der Waals surface area contributed by atoms with Gasteiger partial charge in [0.1, 0.15) is 0 Å². The molecule has 0 amide bonds. The molecule has 58 valence electrons. The largest absolute Gasteiger partial charge is 0.300 e. The van der Waals surface area contributed by atoms with Gasteiger partial charge in [0.25, 0.3) is 0 Å². The summed E-state index contributed by atoms with van der Waals surface area (Å²) in [4.78, 5) is 2.66. The standard InChI is InChI=1S/C9H17N/c1-2-10(9-5-6-9)7-8-3-4-8/h8-9H,2-7H2,1H3. The highest BCUT2D eigenvalue weighted by Gasteiger charge is 2.32. The second-order valence-electron chi connectivity index (χ2n) is 3.76. The number of nitrogens with zero attached hydrogens (tertiary/aromatic N) is 1. The van der Waals surface area contributed by atoms with Gasteiger partial charge in [-0.25, -0.2) is 0 Å². The first kappa shape index (κ1) is 6.66. The fourth-order valence-corrected chi connectivity index (χ4v) is 1.61. The van der Waals surface area contributed by atoms with Crippen molar-refractivity contribution in [2.24, 2.45) is 5.92 Å². The first-order valence-electron chi connectivity index (χ1n) is 4.64. The lowest BCUT2D eigenvalue weighted by molar-refractivity contribution is 0.266. The third-order valence-corrected chi connectivity index (χ3v) is 2.66. The van der Waals surface area contributed by atoms with E-state index in [0.717, 1.165) is 12.0 Å². The smallest absolute Gasteiger partial charge is 0.00964 e. The highest BCUT2D eigenvalue weighted by atomic mass is 15.2. The molecule has 2 saturated carbocycles. The molecule has 10 heavy (non-hydrogen) atoms. The van der Waals surface area contributed by atoms with E-state index < -0.39 is 0 Å². The Morgan fingerprint density at radius 1 is 1.20 bits per heavy atom. The van der Waals surface area contributed by atoms with Crippen LogP contribution in [0.1, 0.15) is 32.6 Å². The summed E-state index contributed by atoms with van der Waals surface area (Å²) < 4.78 is 0. The summed E-state index contributed by atoms with van der Waals surface area (Å²) in [6.45, 7) is 4.98. The van der Waals surface area contributed by atoms with E-state index in [0.29, 0.717) is 0 Å².